The minimum atomic E-state index is -1.11. The van der Waals surface area contributed by atoms with Gasteiger partial charge >= 0.3 is 12.1 Å². The van der Waals surface area contributed by atoms with Crippen LogP contribution in [0.15, 0.2) is 41.1 Å². The number of nitrogens with zero attached hydrogens (tertiary/aromatic N) is 1. The molecular weight excluding hydrogens is 492 g/mol. The highest BCUT2D eigenvalue weighted by molar-refractivity contribution is 7.08. The molecule has 0 bridgehead atoms. The Morgan fingerprint density at radius 3 is 2.32 bits per heavy atom. The van der Waals surface area contributed by atoms with Gasteiger partial charge in [-0.05, 0) is 64.6 Å². The lowest BCUT2D eigenvalue weighted by Crippen LogP contribution is -2.57. The van der Waals surface area contributed by atoms with E-state index in [1.54, 1.807) is 11.3 Å². The average Bonchev–Trinajstić information content (AvgIpc) is 3.63. The van der Waals surface area contributed by atoms with E-state index in [0.717, 1.165) is 42.4 Å². The number of carbonyl (C=O) groups excluding carboxylic acids is 2. The summed E-state index contributed by atoms with van der Waals surface area (Å²) in [5.74, 6) is -1.57. The largest absolute Gasteiger partial charge is 0.480 e. The Labute approximate surface area is 222 Å². The fourth-order valence-electron chi connectivity index (χ4n) is 5.32. The highest BCUT2D eigenvalue weighted by Crippen LogP contribution is 2.41. The van der Waals surface area contributed by atoms with Crippen LogP contribution in [-0.4, -0.2) is 59.8 Å². The topological polar surface area (TPSA) is 105 Å². The molecule has 0 spiro atoms. The maximum atomic E-state index is 13.9. The number of carbonyl (C=O) groups is 3. The summed E-state index contributed by atoms with van der Waals surface area (Å²) in [6.45, 7) is 5.57. The first-order chi connectivity index (χ1) is 17.5. The molecule has 8 nitrogen and oxygen atoms in total. The van der Waals surface area contributed by atoms with Crippen molar-refractivity contribution < 1.29 is 29.0 Å². The number of nitrogens with one attached hydrogen (secondary N) is 1. The second-order valence-corrected chi connectivity index (χ2v) is 11.8. The molecule has 9 heteroatoms. The lowest BCUT2D eigenvalue weighted by Gasteiger charge is -2.35. The Balaban J connectivity index is 1.58. The molecule has 2 fully saturated rings. The zero-order valence-corrected chi connectivity index (χ0v) is 22.7. The molecule has 2 heterocycles. The smallest absolute Gasteiger partial charge is 0.408 e. The number of carboxylic acids is 1. The number of likely N-dealkylation sites (tertiary alicyclic amines) is 1. The molecule has 1 saturated heterocycles. The number of thiophene rings is 1. The van der Waals surface area contributed by atoms with Crippen LogP contribution in [0.25, 0.3) is 11.1 Å². The first-order valence-electron chi connectivity index (χ1n) is 12.7. The fraction of sp³-hybridized carbons (Fsp3) is 0.536. The lowest BCUT2D eigenvalue weighted by molar-refractivity contribution is -0.150. The molecule has 2 N–H and O–H groups in total. The van der Waals surface area contributed by atoms with E-state index in [4.69, 9.17) is 9.47 Å². The molecule has 200 valence electrons. The zero-order valence-electron chi connectivity index (χ0n) is 21.9. The maximum Gasteiger partial charge on any atom is 0.408 e. The number of benzene rings is 1. The summed E-state index contributed by atoms with van der Waals surface area (Å²) in [7, 11) is 1.54. The predicted molar refractivity (Wildman–Crippen MR) is 141 cm³/mol. The van der Waals surface area contributed by atoms with E-state index in [9.17, 15) is 19.5 Å². The normalized spacial score (nSPS) is 23.1. The fourth-order valence-corrected chi connectivity index (χ4v) is 5.98. The van der Waals surface area contributed by atoms with Crippen LogP contribution in [0.2, 0.25) is 0 Å². The number of hydrogen-bond donors (Lipinski definition) is 2. The van der Waals surface area contributed by atoms with Crippen LogP contribution in [-0.2, 0) is 24.7 Å². The molecule has 1 aromatic heterocycles. The van der Waals surface area contributed by atoms with Crippen LogP contribution < -0.4 is 5.32 Å². The Hall–Kier alpha value is -2.91. The van der Waals surface area contributed by atoms with E-state index in [2.05, 4.69) is 10.7 Å². The molecule has 1 aromatic carbocycles. The molecule has 4 rings (SSSR count). The van der Waals surface area contributed by atoms with Crippen molar-refractivity contribution in [3.8, 4) is 11.1 Å². The Morgan fingerprint density at radius 1 is 1.11 bits per heavy atom. The van der Waals surface area contributed by atoms with E-state index in [1.165, 1.54) is 12.0 Å². The maximum absolute atomic E-state index is 13.9. The molecular formula is C28H36N2O6S. The van der Waals surface area contributed by atoms with Gasteiger partial charge in [-0.25, -0.2) is 9.59 Å². The molecule has 0 unspecified atom stereocenters. The van der Waals surface area contributed by atoms with E-state index >= 15 is 0 Å². The zero-order chi connectivity index (χ0) is 26.8. The number of amides is 2. The van der Waals surface area contributed by atoms with Gasteiger partial charge in [0, 0.05) is 13.5 Å². The summed E-state index contributed by atoms with van der Waals surface area (Å²) in [5, 5.41) is 16.9. The van der Waals surface area contributed by atoms with Crippen molar-refractivity contribution in [1.82, 2.24) is 10.2 Å². The van der Waals surface area contributed by atoms with Gasteiger partial charge in [0.05, 0.1) is 6.54 Å². The number of alkyl carbamates (subject to hydrolysis) is 1. The first-order valence-corrected chi connectivity index (χ1v) is 13.7. The van der Waals surface area contributed by atoms with Crippen molar-refractivity contribution in [3.63, 3.8) is 0 Å². The van der Waals surface area contributed by atoms with Gasteiger partial charge < -0.3 is 24.8 Å². The van der Waals surface area contributed by atoms with Gasteiger partial charge in [-0.2, -0.15) is 11.3 Å². The summed E-state index contributed by atoms with van der Waals surface area (Å²) in [4.78, 5) is 40.2. The number of hydrogen-bond acceptors (Lipinski definition) is 6. The molecule has 37 heavy (non-hydrogen) atoms. The van der Waals surface area contributed by atoms with Gasteiger partial charge in [0.15, 0.2) is 0 Å². The summed E-state index contributed by atoms with van der Waals surface area (Å²) in [6, 6.07) is 7.82. The van der Waals surface area contributed by atoms with Gasteiger partial charge in [0.1, 0.15) is 23.8 Å². The summed E-state index contributed by atoms with van der Waals surface area (Å²) >= 11 is 1.62. The average molecular weight is 529 g/mol. The van der Waals surface area contributed by atoms with Crippen LogP contribution in [0.3, 0.4) is 0 Å². The summed E-state index contributed by atoms with van der Waals surface area (Å²) in [5.41, 5.74) is 1.30. The van der Waals surface area contributed by atoms with Gasteiger partial charge in [-0.15, -0.1) is 0 Å². The first kappa shape index (κ1) is 27.1. The number of methoxy groups -OCH3 is 1. The molecule has 2 aliphatic rings. The van der Waals surface area contributed by atoms with E-state index < -0.39 is 41.1 Å². The lowest BCUT2D eigenvalue weighted by atomic mass is 9.85. The standard InChI is InChI=1S/C28H36N2O6S/c1-27(2,3)23(29-26(34)36-21-7-5-6-8-21)24(31)30-17-28(35-4,15-22(30)25(32)33)20-11-9-18(10-12-20)19-13-14-37-16-19/h9-14,16,21-23H,5-8,15,17H2,1-4H3,(H,29,34)(H,32,33)/t22-,23+,28-/m0/s1. The quantitative estimate of drug-likeness (QED) is 0.523. The third kappa shape index (κ3) is 5.83. The molecule has 3 atom stereocenters. The van der Waals surface area contributed by atoms with Crippen molar-refractivity contribution in [1.29, 1.82) is 0 Å². The highest BCUT2D eigenvalue weighted by atomic mass is 32.1. The number of aliphatic carboxylic acids is 1. The number of rotatable bonds is 7. The molecule has 0 radical (unpaired) electrons. The second kappa shape index (κ2) is 10.8. The Bertz CT molecular complexity index is 1100. The molecule has 2 aromatic rings. The summed E-state index contributed by atoms with van der Waals surface area (Å²) < 4.78 is 11.5. The van der Waals surface area contributed by atoms with Crippen molar-refractivity contribution >= 4 is 29.3 Å². The van der Waals surface area contributed by atoms with E-state index in [0.29, 0.717) is 0 Å². The van der Waals surface area contributed by atoms with Crippen LogP contribution in [0.4, 0.5) is 4.79 Å². The Morgan fingerprint density at radius 2 is 1.78 bits per heavy atom. The molecule has 2 amide bonds. The SMILES string of the molecule is CO[C@@]1(c2ccc(-c3ccsc3)cc2)C[C@@H](C(=O)O)N(C(=O)[C@@H](NC(=O)OC2CCCC2)C(C)(C)C)C1. The molecule has 1 aliphatic heterocycles. The third-order valence-corrected chi connectivity index (χ3v) is 8.18. The third-order valence-electron chi connectivity index (χ3n) is 7.50. The summed E-state index contributed by atoms with van der Waals surface area (Å²) in [6.07, 6.45) is 2.97. The number of ether oxygens (including phenoxy) is 2. The van der Waals surface area contributed by atoms with Crippen LogP contribution in [0.1, 0.15) is 58.4 Å². The van der Waals surface area contributed by atoms with E-state index in [1.807, 2.05) is 56.5 Å². The van der Waals surface area contributed by atoms with Crippen LogP contribution in [0, 0.1) is 5.41 Å². The van der Waals surface area contributed by atoms with Gasteiger partial charge in [0.2, 0.25) is 5.91 Å². The minimum Gasteiger partial charge on any atom is -0.480 e. The van der Waals surface area contributed by atoms with Crippen molar-refractivity contribution in [2.45, 2.75) is 76.7 Å². The highest BCUT2D eigenvalue weighted by Gasteiger charge is 2.52. The van der Waals surface area contributed by atoms with Gasteiger partial charge in [0.25, 0.3) is 0 Å². The van der Waals surface area contributed by atoms with Gasteiger partial charge in [-0.1, -0.05) is 45.0 Å². The van der Waals surface area contributed by atoms with Gasteiger partial charge in [-0.3, -0.25) is 4.79 Å². The van der Waals surface area contributed by atoms with Crippen molar-refractivity contribution in [2.75, 3.05) is 13.7 Å². The van der Waals surface area contributed by atoms with Crippen molar-refractivity contribution in [2.24, 2.45) is 5.41 Å². The van der Waals surface area contributed by atoms with Crippen LogP contribution >= 0.6 is 11.3 Å². The Kier molecular flexibility index (Phi) is 7.94. The van der Waals surface area contributed by atoms with Crippen LogP contribution in [0.5, 0.6) is 0 Å². The van der Waals surface area contributed by atoms with Crippen molar-refractivity contribution in [3.05, 3.63) is 46.7 Å². The monoisotopic (exact) mass is 528 g/mol. The molecule has 1 saturated carbocycles. The number of carboxylic acid groups (broad SMARTS) is 1. The minimum absolute atomic E-state index is 0.0586. The second-order valence-electron chi connectivity index (χ2n) is 11.1. The van der Waals surface area contributed by atoms with E-state index in [-0.39, 0.29) is 19.1 Å². The predicted octanol–water partition coefficient (Wildman–Crippen LogP) is 5.03. The molecule has 1 aliphatic carbocycles.